The van der Waals surface area contributed by atoms with Gasteiger partial charge >= 0.3 is 0 Å². The molecule has 2 rings (SSSR count). The number of hydrogen-bond donors (Lipinski definition) is 1. The SMILES string of the molecule is Cc1cc(F)cc(C2CNC(=O)C2)c1. The fraction of sp³-hybridized carbons (Fsp3) is 0.364. The van der Waals surface area contributed by atoms with Crippen molar-refractivity contribution in [3.05, 3.63) is 35.1 Å². The molecule has 1 amide bonds. The van der Waals surface area contributed by atoms with Gasteiger partial charge in [0.25, 0.3) is 0 Å². The summed E-state index contributed by atoms with van der Waals surface area (Å²) in [7, 11) is 0. The van der Waals surface area contributed by atoms with E-state index in [9.17, 15) is 9.18 Å². The number of carbonyl (C=O) groups excluding carboxylic acids is 1. The normalized spacial score (nSPS) is 21.0. The van der Waals surface area contributed by atoms with Crippen LogP contribution in [0.25, 0.3) is 0 Å². The van der Waals surface area contributed by atoms with Gasteiger partial charge in [-0.1, -0.05) is 6.07 Å². The van der Waals surface area contributed by atoms with E-state index < -0.39 is 0 Å². The molecule has 0 aromatic heterocycles. The van der Waals surface area contributed by atoms with Crippen molar-refractivity contribution >= 4 is 5.91 Å². The molecule has 1 aliphatic rings. The lowest BCUT2D eigenvalue weighted by Crippen LogP contribution is -2.13. The van der Waals surface area contributed by atoms with Crippen molar-refractivity contribution in [3.8, 4) is 0 Å². The van der Waals surface area contributed by atoms with E-state index in [1.165, 1.54) is 12.1 Å². The molecule has 74 valence electrons. The van der Waals surface area contributed by atoms with Gasteiger partial charge in [-0.2, -0.15) is 0 Å². The molecule has 1 saturated heterocycles. The Morgan fingerprint density at radius 3 is 2.79 bits per heavy atom. The van der Waals surface area contributed by atoms with E-state index >= 15 is 0 Å². The summed E-state index contributed by atoms with van der Waals surface area (Å²) in [6.45, 7) is 2.48. The number of nitrogens with one attached hydrogen (secondary N) is 1. The van der Waals surface area contributed by atoms with Crippen LogP contribution in [-0.4, -0.2) is 12.5 Å². The first kappa shape index (κ1) is 9.19. The largest absolute Gasteiger partial charge is 0.355 e. The third-order valence-electron chi connectivity index (χ3n) is 2.51. The van der Waals surface area contributed by atoms with E-state index in [-0.39, 0.29) is 17.6 Å². The van der Waals surface area contributed by atoms with Gasteiger partial charge in [0.2, 0.25) is 5.91 Å². The molecule has 1 heterocycles. The van der Waals surface area contributed by atoms with Gasteiger partial charge in [-0.3, -0.25) is 4.79 Å². The summed E-state index contributed by atoms with van der Waals surface area (Å²) in [4.78, 5) is 11.0. The zero-order chi connectivity index (χ0) is 10.1. The third kappa shape index (κ3) is 1.76. The van der Waals surface area contributed by atoms with Crippen molar-refractivity contribution < 1.29 is 9.18 Å². The molecule has 1 aliphatic heterocycles. The molecule has 0 saturated carbocycles. The van der Waals surface area contributed by atoms with Crippen LogP contribution in [0, 0.1) is 12.7 Å². The molecular formula is C11H12FNO. The summed E-state index contributed by atoms with van der Waals surface area (Å²) >= 11 is 0. The standard InChI is InChI=1S/C11H12FNO/c1-7-2-8(4-10(12)3-7)9-5-11(14)13-6-9/h2-4,9H,5-6H2,1H3,(H,13,14). The minimum absolute atomic E-state index is 0.0527. The highest BCUT2D eigenvalue weighted by Crippen LogP contribution is 2.24. The molecule has 1 N–H and O–H groups in total. The van der Waals surface area contributed by atoms with Gasteiger partial charge in [-0.25, -0.2) is 4.39 Å². The highest BCUT2D eigenvalue weighted by molar-refractivity contribution is 5.79. The molecule has 14 heavy (non-hydrogen) atoms. The Kier molecular flexibility index (Phi) is 2.23. The number of hydrogen-bond acceptors (Lipinski definition) is 1. The van der Waals surface area contributed by atoms with Crippen molar-refractivity contribution in [1.82, 2.24) is 5.32 Å². The molecule has 1 unspecified atom stereocenters. The van der Waals surface area contributed by atoms with Crippen molar-refractivity contribution in [2.75, 3.05) is 6.54 Å². The summed E-state index contributed by atoms with van der Waals surface area (Å²) in [5, 5.41) is 2.75. The number of halogens is 1. The summed E-state index contributed by atoms with van der Waals surface area (Å²) in [5.41, 5.74) is 1.82. The molecule has 1 fully saturated rings. The van der Waals surface area contributed by atoms with E-state index in [1.807, 2.05) is 13.0 Å². The molecule has 0 radical (unpaired) electrons. The molecule has 1 aromatic carbocycles. The van der Waals surface area contributed by atoms with Gasteiger partial charge in [0.1, 0.15) is 5.82 Å². The molecule has 0 aliphatic carbocycles. The Bertz CT molecular complexity index is 355. The number of benzene rings is 1. The predicted molar refractivity (Wildman–Crippen MR) is 51.5 cm³/mol. The van der Waals surface area contributed by atoms with Crippen LogP contribution in [0.5, 0.6) is 0 Å². The molecular weight excluding hydrogens is 181 g/mol. The van der Waals surface area contributed by atoms with E-state index in [2.05, 4.69) is 5.32 Å². The zero-order valence-electron chi connectivity index (χ0n) is 8.01. The molecule has 1 atom stereocenters. The molecule has 1 aromatic rings. The first-order valence-corrected chi connectivity index (χ1v) is 4.69. The smallest absolute Gasteiger partial charge is 0.220 e. The maximum atomic E-state index is 13.1. The third-order valence-corrected chi connectivity index (χ3v) is 2.51. The Hall–Kier alpha value is -1.38. The maximum Gasteiger partial charge on any atom is 0.220 e. The van der Waals surface area contributed by atoms with E-state index in [4.69, 9.17) is 0 Å². The van der Waals surface area contributed by atoms with Crippen LogP contribution in [0.4, 0.5) is 4.39 Å². The van der Waals surface area contributed by atoms with Crippen LogP contribution in [0.3, 0.4) is 0 Å². The number of aryl methyl sites for hydroxylation is 1. The number of carbonyl (C=O) groups is 1. The van der Waals surface area contributed by atoms with Gasteiger partial charge in [0.05, 0.1) is 0 Å². The van der Waals surface area contributed by atoms with Crippen LogP contribution in [0.15, 0.2) is 18.2 Å². The second-order valence-corrected chi connectivity index (χ2v) is 3.77. The van der Waals surface area contributed by atoms with E-state index in [1.54, 1.807) is 0 Å². The molecule has 0 bridgehead atoms. The highest BCUT2D eigenvalue weighted by atomic mass is 19.1. The lowest BCUT2D eigenvalue weighted by Gasteiger charge is -2.08. The van der Waals surface area contributed by atoms with Gasteiger partial charge in [-0.05, 0) is 30.2 Å². The average Bonchev–Trinajstić information content (AvgIpc) is 2.50. The molecule has 3 heteroatoms. The van der Waals surface area contributed by atoms with Crippen molar-refractivity contribution in [3.63, 3.8) is 0 Å². The second-order valence-electron chi connectivity index (χ2n) is 3.77. The summed E-state index contributed by atoms with van der Waals surface area (Å²) in [5.74, 6) is -0.0341. The fourth-order valence-corrected chi connectivity index (χ4v) is 1.84. The number of rotatable bonds is 1. The van der Waals surface area contributed by atoms with Crippen molar-refractivity contribution in [1.29, 1.82) is 0 Å². The minimum Gasteiger partial charge on any atom is -0.355 e. The Morgan fingerprint density at radius 1 is 1.43 bits per heavy atom. The second kappa shape index (κ2) is 3.40. The maximum absolute atomic E-state index is 13.1. The summed E-state index contributed by atoms with van der Waals surface area (Å²) in [6, 6.07) is 4.94. The van der Waals surface area contributed by atoms with Gasteiger partial charge in [0, 0.05) is 18.9 Å². The van der Waals surface area contributed by atoms with Gasteiger partial charge in [0.15, 0.2) is 0 Å². The quantitative estimate of drug-likeness (QED) is 0.723. The fourth-order valence-electron chi connectivity index (χ4n) is 1.84. The van der Waals surface area contributed by atoms with Crippen molar-refractivity contribution in [2.45, 2.75) is 19.3 Å². The van der Waals surface area contributed by atoms with Crippen LogP contribution < -0.4 is 5.32 Å². The van der Waals surface area contributed by atoms with Crippen LogP contribution in [0.1, 0.15) is 23.5 Å². The predicted octanol–water partition coefficient (Wildman–Crippen LogP) is 1.74. The minimum atomic E-state index is -0.223. The lowest BCUT2D eigenvalue weighted by atomic mass is 9.97. The number of amides is 1. The first-order chi connectivity index (χ1) is 6.65. The summed E-state index contributed by atoms with van der Waals surface area (Å²) < 4.78 is 13.1. The van der Waals surface area contributed by atoms with Crippen LogP contribution in [0.2, 0.25) is 0 Å². The topological polar surface area (TPSA) is 29.1 Å². The molecule has 2 nitrogen and oxygen atoms in total. The first-order valence-electron chi connectivity index (χ1n) is 4.69. The Morgan fingerprint density at radius 2 is 2.21 bits per heavy atom. The van der Waals surface area contributed by atoms with Crippen LogP contribution in [-0.2, 0) is 4.79 Å². The molecule has 0 spiro atoms. The summed E-state index contributed by atoms with van der Waals surface area (Å²) in [6.07, 6.45) is 0.475. The van der Waals surface area contributed by atoms with Gasteiger partial charge in [-0.15, -0.1) is 0 Å². The highest BCUT2D eigenvalue weighted by Gasteiger charge is 2.23. The monoisotopic (exact) mass is 193 g/mol. The Balaban J connectivity index is 2.27. The van der Waals surface area contributed by atoms with E-state index in [0.29, 0.717) is 13.0 Å². The average molecular weight is 193 g/mol. The Labute approximate surface area is 82.1 Å². The van der Waals surface area contributed by atoms with Crippen molar-refractivity contribution in [2.24, 2.45) is 0 Å². The van der Waals surface area contributed by atoms with E-state index in [0.717, 1.165) is 11.1 Å². The van der Waals surface area contributed by atoms with Crippen LogP contribution >= 0.6 is 0 Å². The zero-order valence-corrected chi connectivity index (χ0v) is 8.01. The van der Waals surface area contributed by atoms with Gasteiger partial charge < -0.3 is 5.32 Å². The lowest BCUT2D eigenvalue weighted by molar-refractivity contribution is -0.119.